The third-order valence-electron chi connectivity index (χ3n) is 6.18. The lowest BCUT2D eigenvalue weighted by molar-refractivity contribution is 0.0323. The summed E-state index contributed by atoms with van der Waals surface area (Å²) in [6, 6.07) is 13.5. The molecule has 4 N–H and O–H groups in total. The molecule has 0 unspecified atom stereocenters. The molecule has 3 heterocycles. The molecule has 1 saturated heterocycles. The van der Waals surface area contributed by atoms with Crippen molar-refractivity contribution in [3.8, 4) is 11.4 Å². The number of pyridine rings is 2. The van der Waals surface area contributed by atoms with Gasteiger partial charge in [0.25, 0.3) is 0 Å². The van der Waals surface area contributed by atoms with Crippen LogP contribution in [0.2, 0.25) is 0 Å². The SMILES string of the molecule is Nc1ccnc2c1c(=O)ccn2-c1ccc(NC(=O)Nc2ccc(F)cc2OCCN2CCOCC2)cc1. The Morgan fingerprint density at radius 1 is 1.08 bits per heavy atom. The van der Waals surface area contributed by atoms with Gasteiger partial charge in [0, 0.05) is 61.2 Å². The topological polar surface area (TPSA) is 124 Å². The average molecular weight is 519 g/mol. The highest BCUT2D eigenvalue weighted by atomic mass is 19.1. The molecule has 2 aromatic carbocycles. The van der Waals surface area contributed by atoms with Crippen LogP contribution in [0.1, 0.15) is 0 Å². The second-order valence-electron chi connectivity index (χ2n) is 8.72. The molecule has 0 spiro atoms. The number of carbonyl (C=O) groups excluding carboxylic acids is 1. The van der Waals surface area contributed by atoms with E-state index in [1.54, 1.807) is 47.3 Å². The minimum atomic E-state index is -0.509. The Morgan fingerprint density at radius 2 is 1.87 bits per heavy atom. The molecule has 1 aliphatic heterocycles. The molecule has 38 heavy (non-hydrogen) atoms. The van der Waals surface area contributed by atoms with Crippen molar-refractivity contribution in [3.05, 3.63) is 83.0 Å². The summed E-state index contributed by atoms with van der Waals surface area (Å²) >= 11 is 0. The highest BCUT2D eigenvalue weighted by molar-refractivity contribution is 6.00. The quantitative estimate of drug-likeness (QED) is 0.342. The van der Waals surface area contributed by atoms with Crippen molar-refractivity contribution in [2.45, 2.75) is 0 Å². The number of carbonyl (C=O) groups is 1. The summed E-state index contributed by atoms with van der Waals surface area (Å²) in [6.45, 7) is 4.03. The Balaban J connectivity index is 1.24. The summed E-state index contributed by atoms with van der Waals surface area (Å²) in [6.07, 6.45) is 3.17. The maximum atomic E-state index is 13.9. The third kappa shape index (κ3) is 5.74. The van der Waals surface area contributed by atoms with Crippen molar-refractivity contribution in [1.29, 1.82) is 0 Å². The number of fused-ring (bicyclic) bond motifs is 1. The number of aromatic nitrogens is 2. The van der Waals surface area contributed by atoms with Crippen LogP contribution in [0.25, 0.3) is 16.7 Å². The van der Waals surface area contributed by atoms with E-state index in [9.17, 15) is 14.0 Å². The van der Waals surface area contributed by atoms with Crippen molar-refractivity contribution in [1.82, 2.24) is 14.5 Å². The van der Waals surface area contributed by atoms with Gasteiger partial charge in [-0.15, -0.1) is 0 Å². The van der Waals surface area contributed by atoms with Gasteiger partial charge in [0.2, 0.25) is 0 Å². The first-order valence-corrected chi connectivity index (χ1v) is 12.1. The van der Waals surface area contributed by atoms with Crippen LogP contribution in [0.15, 0.2) is 71.8 Å². The number of rotatable bonds is 7. The highest BCUT2D eigenvalue weighted by Gasteiger charge is 2.13. The molecular weight excluding hydrogens is 491 g/mol. The van der Waals surface area contributed by atoms with E-state index < -0.39 is 11.8 Å². The summed E-state index contributed by atoms with van der Waals surface area (Å²) in [5, 5.41) is 5.82. The summed E-state index contributed by atoms with van der Waals surface area (Å²) in [5.74, 6) is -0.208. The molecule has 1 fully saturated rings. The minimum absolute atomic E-state index is 0.206. The van der Waals surface area contributed by atoms with Gasteiger partial charge in [0.1, 0.15) is 23.8 Å². The van der Waals surface area contributed by atoms with E-state index in [0.717, 1.165) is 18.8 Å². The van der Waals surface area contributed by atoms with E-state index >= 15 is 0 Å². The molecule has 2 aromatic heterocycles. The molecule has 0 radical (unpaired) electrons. The predicted molar refractivity (Wildman–Crippen MR) is 144 cm³/mol. The number of hydrogen-bond acceptors (Lipinski definition) is 7. The zero-order valence-electron chi connectivity index (χ0n) is 20.5. The van der Waals surface area contributed by atoms with E-state index in [1.165, 1.54) is 24.3 Å². The molecular formula is C27H27FN6O4. The second-order valence-corrected chi connectivity index (χ2v) is 8.72. The molecule has 11 heteroatoms. The van der Waals surface area contributed by atoms with Crippen molar-refractivity contribution >= 4 is 34.1 Å². The van der Waals surface area contributed by atoms with E-state index in [2.05, 4.69) is 20.5 Å². The van der Waals surface area contributed by atoms with Crippen LogP contribution >= 0.6 is 0 Å². The zero-order chi connectivity index (χ0) is 26.5. The number of hydrogen-bond donors (Lipinski definition) is 3. The fraction of sp³-hybridized carbons (Fsp3) is 0.222. The smallest absolute Gasteiger partial charge is 0.323 e. The van der Waals surface area contributed by atoms with Gasteiger partial charge in [-0.1, -0.05) is 0 Å². The van der Waals surface area contributed by atoms with Gasteiger partial charge in [-0.05, 0) is 42.5 Å². The summed E-state index contributed by atoms with van der Waals surface area (Å²) < 4.78 is 26.7. The van der Waals surface area contributed by atoms with Crippen LogP contribution in [-0.2, 0) is 4.74 Å². The lowest BCUT2D eigenvalue weighted by Gasteiger charge is -2.26. The number of nitrogen functional groups attached to an aromatic ring is 1. The number of halogens is 1. The third-order valence-corrected chi connectivity index (χ3v) is 6.18. The van der Waals surface area contributed by atoms with Crippen molar-refractivity contribution in [3.63, 3.8) is 0 Å². The molecule has 0 saturated carbocycles. The van der Waals surface area contributed by atoms with E-state index in [4.69, 9.17) is 15.2 Å². The van der Waals surface area contributed by atoms with Crippen molar-refractivity contribution < 1.29 is 18.7 Å². The molecule has 10 nitrogen and oxygen atoms in total. The molecule has 0 bridgehead atoms. The number of nitrogens with zero attached hydrogens (tertiary/aromatic N) is 3. The van der Waals surface area contributed by atoms with Crippen LogP contribution in [0.3, 0.4) is 0 Å². The van der Waals surface area contributed by atoms with E-state index in [-0.39, 0.29) is 11.2 Å². The lowest BCUT2D eigenvalue weighted by atomic mass is 10.2. The van der Waals surface area contributed by atoms with Crippen LogP contribution in [0, 0.1) is 5.82 Å². The summed E-state index contributed by atoms with van der Waals surface area (Å²) in [4.78, 5) is 31.5. The number of nitrogens with one attached hydrogen (secondary N) is 2. The first kappa shape index (κ1) is 25.2. The van der Waals surface area contributed by atoms with Crippen LogP contribution in [0.5, 0.6) is 5.75 Å². The van der Waals surface area contributed by atoms with E-state index in [0.29, 0.717) is 54.5 Å². The van der Waals surface area contributed by atoms with E-state index in [1.807, 2.05) is 0 Å². The van der Waals surface area contributed by atoms with Gasteiger partial charge >= 0.3 is 6.03 Å². The number of ether oxygens (including phenoxy) is 2. The van der Waals surface area contributed by atoms with Crippen molar-refractivity contribution in [2.75, 3.05) is 55.8 Å². The molecule has 0 atom stereocenters. The second kappa shape index (κ2) is 11.3. The Bertz CT molecular complexity index is 1500. The first-order chi connectivity index (χ1) is 18.5. The largest absolute Gasteiger partial charge is 0.490 e. The van der Waals surface area contributed by atoms with Crippen LogP contribution in [0.4, 0.5) is 26.2 Å². The molecule has 2 amide bonds. The summed E-state index contributed by atoms with van der Waals surface area (Å²) in [5.41, 5.74) is 8.18. The number of amides is 2. The number of nitrogens with two attached hydrogens (primary N) is 1. The summed E-state index contributed by atoms with van der Waals surface area (Å²) in [7, 11) is 0. The Kier molecular flexibility index (Phi) is 7.47. The lowest BCUT2D eigenvalue weighted by Crippen LogP contribution is -2.38. The van der Waals surface area contributed by atoms with Gasteiger partial charge in [-0.2, -0.15) is 0 Å². The standard InChI is InChI=1S/C27H27FN6O4/c28-18-1-6-22(24(17-18)38-16-13-33-11-14-37-15-12-33)32-27(36)31-19-2-4-20(5-3-19)34-10-8-23(35)25-21(29)7-9-30-26(25)34/h1-10,17H,11-16H2,(H2,29,30)(H2,31,32,36). The Morgan fingerprint density at radius 3 is 2.66 bits per heavy atom. The molecule has 0 aliphatic carbocycles. The maximum Gasteiger partial charge on any atom is 0.323 e. The minimum Gasteiger partial charge on any atom is -0.490 e. The normalized spacial score (nSPS) is 13.8. The van der Waals surface area contributed by atoms with Gasteiger partial charge in [-0.25, -0.2) is 14.2 Å². The molecule has 1 aliphatic rings. The van der Waals surface area contributed by atoms with Gasteiger partial charge in [0.15, 0.2) is 5.43 Å². The van der Waals surface area contributed by atoms with Gasteiger partial charge < -0.3 is 30.4 Å². The zero-order valence-corrected chi connectivity index (χ0v) is 20.5. The average Bonchev–Trinajstić information content (AvgIpc) is 2.92. The van der Waals surface area contributed by atoms with Gasteiger partial charge in [-0.3, -0.25) is 9.69 Å². The van der Waals surface area contributed by atoms with Crippen LogP contribution < -0.4 is 26.5 Å². The Labute approximate surface area is 217 Å². The maximum absolute atomic E-state index is 13.9. The number of anilines is 3. The number of urea groups is 1. The van der Waals surface area contributed by atoms with Crippen molar-refractivity contribution in [2.24, 2.45) is 0 Å². The monoisotopic (exact) mass is 518 g/mol. The fourth-order valence-corrected chi connectivity index (χ4v) is 4.22. The first-order valence-electron chi connectivity index (χ1n) is 12.1. The molecule has 5 rings (SSSR count). The molecule has 4 aromatic rings. The highest BCUT2D eigenvalue weighted by Crippen LogP contribution is 2.26. The Hall–Kier alpha value is -4.48. The number of benzene rings is 2. The fourth-order valence-electron chi connectivity index (χ4n) is 4.22. The molecule has 196 valence electrons. The van der Waals surface area contributed by atoms with Gasteiger partial charge in [0.05, 0.1) is 24.3 Å². The number of morpholine rings is 1. The predicted octanol–water partition coefficient (Wildman–Crippen LogP) is 3.46. The van der Waals surface area contributed by atoms with Crippen LogP contribution in [-0.4, -0.2) is 59.9 Å².